The zero-order valence-electron chi connectivity index (χ0n) is 25.9. The summed E-state index contributed by atoms with van der Waals surface area (Å²) in [5.74, 6) is 0.565. The highest BCUT2D eigenvalue weighted by molar-refractivity contribution is 7.99. The monoisotopic (exact) mass is 594 g/mol. The Morgan fingerprint density at radius 2 is 1.71 bits per heavy atom. The third-order valence-corrected chi connectivity index (χ3v) is 8.77. The van der Waals surface area contributed by atoms with Crippen LogP contribution in [0.4, 0.5) is 10.5 Å². The number of ether oxygens (including phenoxy) is 1. The van der Waals surface area contributed by atoms with Crippen molar-refractivity contribution in [3.05, 3.63) is 59.9 Å². The van der Waals surface area contributed by atoms with Crippen LogP contribution in [0.2, 0.25) is 0 Å². The number of thioether (sulfide) groups is 1. The van der Waals surface area contributed by atoms with Crippen LogP contribution in [0.3, 0.4) is 0 Å². The molecule has 4 rings (SSSR count). The first-order chi connectivity index (χ1) is 19.8. The maximum atomic E-state index is 14.7. The molecule has 3 amide bonds. The summed E-state index contributed by atoms with van der Waals surface area (Å²) >= 11 is 1.62. The maximum Gasteiger partial charge on any atom is 0.411 e. The number of hydrogen-bond acceptors (Lipinski definition) is 6. The number of carbonyl (C=O) groups excluding carboxylic acids is 3. The Morgan fingerprint density at radius 1 is 1.02 bits per heavy atom. The number of nitrogens with zero attached hydrogens (tertiary/aromatic N) is 3. The molecule has 0 radical (unpaired) electrons. The Balaban J connectivity index is 1.79. The van der Waals surface area contributed by atoms with Gasteiger partial charge in [0.1, 0.15) is 17.7 Å². The third-order valence-electron chi connectivity index (χ3n) is 7.75. The van der Waals surface area contributed by atoms with Gasteiger partial charge in [0, 0.05) is 47.7 Å². The number of pyridine rings is 1. The lowest BCUT2D eigenvalue weighted by atomic mass is 9.87. The van der Waals surface area contributed by atoms with Gasteiger partial charge in [-0.25, -0.2) is 4.79 Å². The van der Waals surface area contributed by atoms with Crippen LogP contribution in [0, 0.1) is 0 Å². The molecule has 2 heterocycles. The average Bonchev–Trinajstić information content (AvgIpc) is 2.95. The maximum absolute atomic E-state index is 14.7. The van der Waals surface area contributed by atoms with E-state index in [4.69, 9.17) is 4.74 Å². The fourth-order valence-corrected chi connectivity index (χ4v) is 6.55. The van der Waals surface area contributed by atoms with Crippen LogP contribution in [0.5, 0.6) is 0 Å². The summed E-state index contributed by atoms with van der Waals surface area (Å²) in [7, 11) is 0. The Bertz CT molecular complexity index is 1220. The number of carbonyl (C=O) groups is 3. The van der Waals surface area contributed by atoms with Gasteiger partial charge in [0.25, 0.3) is 5.91 Å². The number of anilines is 1. The third kappa shape index (κ3) is 8.06. The first-order valence-corrected chi connectivity index (χ1v) is 16.2. The van der Waals surface area contributed by atoms with Gasteiger partial charge in [-0.3, -0.25) is 24.4 Å². The molecule has 1 saturated carbocycles. The van der Waals surface area contributed by atoms with E-state index in [0.717, 1.165) is 31.2 Å². The standard InChI is InChI=1S/C33H46N4O4S/c1-32(2,3)24-14-16-26(17-15-24)37(30(39)27-22-42-20-19-36(27)31(40)41-33(4,5)6)28(23-11-10-18-34-21-23)29(38)35-25-12-8-7-9-13-25/h10-11,14-18,21,25,27-28H,7-9,12-13,19-20,22H2,1-6H3,(H,35,38). The van der Waals surface area contributed by atoms with Gasteiger partial charge in [-0.1, -0.05) is 58.2 Å². The van der Waals surface area contributed by atoms with Crippen LogP contribution in [-0.4, -0.2) is 63.5 Å². The molecule has 2 unspecified atom stereocenters. The SMILES string of the molecule is CC(C)(C)OC(=O)N1CCSCC1C(=O)N(c1ccc(C(C)(C)C)cc1)C(C(=O)NC1CCCCC1)c1cccnc1. The quantitative estimate of drug-likeness (QED) is 0.425. The van der Waals surface area contributed by atoms with E-state index in [1.165, 1.54) is 11.3 Å². The van der Waals surface area contributed by atoms with E-state index in [2.05, 4.69) is 31.1 Å². The van der Waals surface area contributed by atoms with E-state index < -0.39 is 23.8 Å². The molecule has 9 heteroatoms. The molecular formula is C33H46N4O4S. The molecule has 0 spiro atoms. The van der Waals surface area contributed by atoms with Crippen LogP contribution >= 0.6 is 11.8 Å². The van der Waals surface area contributed by atoms with Crippen LogP contribution < -0.4 is 10.2 Å². The summed E-state index contributed by atoms with van der Waals surface area (Å²) in [6.45, 7) is 12.3. The minimum Gasteiger partial charge on any atom is -0.444 e. The van der Waals surface area contributed by atoms with Gasteiger partial charge in [0.2, 0.25) is 5.91 Å². The van der Waals surface area contributed by atoms with Crippen molar-refractivity contribution in [2.45, 2.75) is 103 Å². The van der Waals surface area contributed by atoms with Gasteiger partial charge in [-0.15, -0.1) is 0 Å². The summed E-state index contributed by atoms with van der Waals surface area (Å²) in [6, 6.07) is 9.77. The predicted molar refractivity (Wildman–Crippen MR) is 169 cm³/mol. The molecule has 2 aliphatic rings. The molecular weight excluding hydrogens is 548 g/mol. The van der Waals surface area contributed by atoms with E-state index in [0.29, 0.717) is 29.3 Å². The second-order valence-corrected chi connectivity index (χ2v) is 14.5. The smallest absolute Gasteiger partial charge is 0.411 e. The van der Waals surface area contributed by atoms with Crippen LogP contribution in [0.1, 0.15) is 90.8 Å². The van der Waals surface area contributed by atoms with E-state index in [9.17, 15) is 14.4 Å². The first-order valence-electron chi connectivity index (χ1n) is 15.1. The van der Waals surface area contributed by atoms with Crippen LogP contribution in [0.25, 0.3) is 0 Å². The highest BCUT2D eigenvalue weighted by Crippen LogP contribution is 2.33. The minimum atomic E-state index is -0.957. The molecule has 2 aromatic rings. The Labute approximate surface area is 255 Å². The largest absolute Gasteiger partial charge is 0.444 e. The van der Waals surface area contributed by atoms with Gasteiger partial charge in [-0.05, 0) is 62.8 Å². The van der Waals surface area contributed by atoms with Gasteiger partial charge < -0.3 is 10.1 Å². The number of aromatic nitrogens is 1. The van der Waals surface area contributed by atoms with Crippen molar-refractivity contribution in [2.24, 2.45) is 0 Å². The van der Waals surface area contributed by atoms with E-state index >= 15 is 0 Å². The second kappa shape index (κ2) is 13.5. The molecule has 8 nitrogen and oxygen atoms in total. The van der Waals surface area contributed by atoms with Gasteiger partial charge in [-0.2, -0.15) is 11.8 Å². The second-order valence-electron chi connectivity index (χ2n) is 13.3. The first kappa shape index (κ1) is 31.9. The van der Waals surface area contributed by atoms with Gasteiger partial charge in [0.15, 0.2) is 0 Å². The van der Waals surface area contributed by atoms with Crippen LogP contribution in [-0.2, 0) is 19.7 Å². The van der Waals surface area contributed by atoms with E-state index in [1.54, 1.807) is 35.1 Å². The lowest BCUT2D eigenvalue weighted by molar-refractivity contribution is -0.129. The van der Waals surface area contributed by atoms with Crippen molar-refractivity contribution < 1.29 is 19.1 Å². The molecule has 42 heavy (non-hydrogen) atoms. The van der Waals surface area contributed by atoms with Crippen molar-refractivity contribution in [2.75, 3.05) is 23.0 Å². The number of amides is 3. The topological polar surface area (TPSA) is 91.8 Å². The molecule has 0 bridgehead atoms. The summed E-state index contributed by atoms with van der Waals surface area (Å²) in [4.78, 5) is 49.7. The Kier molecular flexibility index (Phi) is 10.2. The van der Waals surface area contributed by atoms with E-state index in [1.807, 2.05) is 51.1 Å². The highest BCUT2D eigenvalue weighted by atomic mass is 32.2. The molecule has 1 aromatic heterocycles. The zero-order valence-corrected chi connectivity index (χ0v) is 26.7. The highest BCUT2D eigenvalue weighted by Gasteiger charge is 2.42. The van der Waals surface area contributed by atoms with Gasteiger partial charge >= 0.3 is 6.09 Å². The summed E-state index contributed by atoms with van der Waals surface area (Å²) in [6.07, 6.45) is 7.95. The summed E-state index contributed by atoms with van der Waals surface area (Å²) in [5.41, 5.74) is 1.55. The Morgan fingerprint density at radius 3 is 2.31 bits per heavy atom. The number of hydrogen-bond donors (Lipinski definition) is 1. The number of rotatable bonds is 6. The fraction of sp³-hybridized carbons (Fsp3) is 0.576. The Hall–Kier alpha value is -3.07. The van der Waals surface area contributed by atoms with Crippen molar-refractivity contribution in [3.8, 4) is 0 Å². The van der Waals surface area contributed by atoms with Crippen molar-refractivity contribution in [3.63, 3.8) is 0 Å². The lowest BCUT2D eigenvalue weighted by Crippen LogP contribution is -2.58. The van der Waals surface area contributed by atoms with Crippen molar-refractivity contribution in [1.29, 1.82) is 0 Å². The number of benzene rings is 1. The molecule has 1 N–H and O–H groups in total. The normalized spacial score (nSPS) is 19.1. The fourth-order valence-electron chi connectivity index (χ4n) is 5.52. The van der Waals surface area contributed by atoms with Crippen molar-refractivity contribution in [1.82, 2.24) is 15.2 Å². The molecule has 1 aromatic carbocycles. The van der Waals surface area contributed by atoms with E-state index in [-0.39, 0.29) is 23.3 Å². The van der Waals surface area contributed by atoms with Gasteiger partial charge in [0.05, 0.1) is 0 Å². The zero-order chi connectivity index (χ0) is 30.5. The molecule has 2 atom stereocenters. The predicted octanol–water partition coefficient (Wildman–Crippen LogP) is 6.25. The molecule has 1 aliphatic carbocycles. The minimum absolute atomic E-state index is 0.0640. The molecule has 228 valence electrons. The molecule has 2 fully saturated rings. The van der Waals surface area contributed by atoms with Crippen LogP contribution in [0.15, 0.2) is 48.8 Å². The lowest BCUT2D eigenvalue weighted by Gasteiger charge is -2.40. The van der Waals surface area contributed by atoms with Crippen molar-refractivity contribution >= 4 is 35.4 Å². The molecule has 1 saturated heterocycles. The molecule has 1 aliphatic heterocycles. The summed E-state index contributed by atoms with van der Waals surface area (Å²) < 4.78 is 5.71. The summed E-state index contributed by atoms with van der Waals surface area (Å²) in [5, 5.41) is 3.26. The average molecular weight is 595 g/mol. The number of nitrogens with one attached hydrogen (secondary N) is 1.